The monoisotopic (exact) mass is 549 g/mol. The van der Waals surface area contributed by atoms with Gasteiger partial charge in [-0.3, -0.25) is 13.9 Å². The third kappa shape index (κ3) is 8.27. The van der Waals surface area contributed by atoms with Gasteiger partial charge in [0.15, 0.2) is 0 Å². The molecule has 0 aliphatic rings. The van der Waals surface area contributed by atoms with Crippen molar-refractivity contribution in [2.24, 2.45) is 0 Å². The number of carbonyl (C=O) groups excluding carboxylic acids is 2. The summed E-state index contributed by atoms with van der Waals surface area (Å²) in [6.07, 6.45) is 3.09. The molecule has 2 amide bonds. The Bertz CT molecular complexity index is 1190. The maximum atomic E-state index is 13.8. The van der Waals surface area contributed by atoms with E-state index in [1.165, 1.54) is 25.2 Å². The molecular weight excluding hydrogens is 510 g/mol. The van der Waals surface area contributed by atoms with Crippen LogP contribution in [0.15, 0.2) is 42.5 Å². The van der Waals surface area contributed by atoms with Gasteiger partial charge >= 0.3 is 0 Å². The summed E-state index contributed by atoms with van der Waals surface area (Å²) < 4.78 is 42.7. The van der Waals surface area contributed by atoms with E-state index in [-0.39, 0.29) is 23.9 Å². The lowest BCUT2D eigenvalue weighted by Gasteiger charge is -2.33. The second-order valence-electron chi connectivity index (χ2n) is 8.75. The summed E-state index contributed by atoms with van der Waals surface area (Å²) in [5.74, 6) is 0.487. The molecule has 0 saturated carbocycles. The summed E-state index contributed by atoms with van der Waals surface area (Å²) in [7, 11) is 0.529. The summed E-state index contributed by atoms with van der Waals surface area (Å²) >= 11 is 0. The topological polar surface area (TPSA) is 114 Å². The van der Waals surface area contributed by atoms with Crippen LogP contribution in [0.4, 0.5) is 5.69 Å². The number of amides is 2. The Morgan fingerprint density at radius 3 is 2.24 bits per heavy atom. The van der Waals surface area contributed by atoms with Crippen LogP contribution < -0.4 is 23.8 Å². The van der Waals surface area contributed by atoms with Crippen LogP contribution in [0.3, 0.4) is 0 Å². The first-order valence-corrected chi connectivity index (χ1v) is 14.3. The summed E-state index contributed by atoms with van der Waals surface area (Å²) in [6.45, 7) is 3.90. The Hall–Kier alpha value is -3.47. The molecule has 0 saturated heterocycles. The fourth-order valence-corrected chi connectivity index (χ4v) is 4.83. The Morgan fingerprint density at radius 1 is 0.974 bits per heavy atom. The van der Waals surface area contributed by atoms with Crippen molar-refractivity contribution >= 4 is 27.5 Å². The Labute approximate surface area is 225 Å². The smallest absolute Gasteiger partial charge is 0.244 e. The van der Waals surface area contributed by atoms with Gasteiger partial charge in [0.05, 0.1) is 33.3 Å². The molecule has 0 bridgehead atoms. The minimum absolute atomic E-state index is 0.0904. The zero-order valence-corrected chi connectivity index (χ0v) is 23.8. The summed E-state index contributed by atoms with van der Waals surface area (Å²) in [4.78, 5) is 28.4. The molecule has 1 N–H and O–H groups in total. The van der Waals surface area contributed by atoms with Gasteiger partial charge in [-0.1, -0.05) is 32.4 Å². The van der Waals surface area contributed by atoms with Crippen LogP contribution in [0.25, 0.3) is 0 Å². The zero-order chi connectivity index (χ0) is 28.3. The second-order valence-corrected chi connectivity index (χ2v) is 10.7. The molecule has 1 atom stereocenters. The number of rotatable bonds is 15. The molecule has 0 radical (unpaired) electrons. The van der Waals surface area contributed by atoms with Crippen molar-refractivity contribution in [2.75, 3.05) is 45.0 Å². The van der Waals surface area contributed by atoms with E-state index in [1.54, 1.807) is 37.4 Å². The van der Waals surface area contributed by atoms with Gasteiger partial charge in [0.1, 0.15) is 29.8 Å². The maximum absolute atomic E-state index is 13.8. The fourth-order valence-electron chi connectivity index (χ4n) is 3.98. The van der Waals surface area contributed by atoms with Gasteiger partial charge in [0.2, 0.25) is 21.8 Å². The highest BCUT2D eigenvalue weighted by atomic mass is 32.2. The largest absolute Gasteiger partial charge is 0.497 e. The van der Waals surface area contributed by atoms with Crippen molar-refractivity contribution < 1.29 is 32.2 Å². The minimum atomic E-state index is -3.91. The van der Waals surface area contributed by atoms with E-state index in [0.717, 1.165) is 29.0 Å². The number of methoxy groups -OCH3 is 3. The molecule has 2 aromatic carbocycles. The molecule has 0 aliphatic heterocycles. The SMILES string of the molecule is CCCCNC(=O)[C@H](CC)N(Cc1cccc(OC)c1)C(=O)CN(c1ccc(OC)cc1OC)S(C)(=O)=O. The van der Waals surface area contributed by atoms with Crippen molar-refractivity contribution in [3.05, 3.63) is 48.0 Å². The van der Waals surface area contributed by atoms with Crippen molar-refractivity contribution in [1.29, 1.82) is 0 Å². The molecule has 0 fully saturated rings. The summed E-state index contributed by atoms with van der Waals surface area (Å²) in [6, 6.07) is 11.0. The first-order valence-electron chi connectivity index (χ1n) is 12.5. The predicted octanol–water partition coefficient (Wildman–Crippen LogP) is 3.20. The quantitative estimate of drug-likeness (QED) is 0.339. The average molecular weight is 550 g/mol. The summed E-state index contributed by atoms with van der Waals surface area (Å²) in [5, 5.41) is 2.90. The van der Waals surface area contributed by atoms with Gasteiger partial charge in [-0.15, -0.1) is 0 Å². The van der Waals surface area contributed by atoms with Crippen LogP contribution in [0, 0.1) is 0 Å². The lowest BCUT2D eigenvalue weighted by molar-refractivity contribution is -0.140. The number of sulfonamides is 1. The van der Waals surface area contributed by atoms with Crippen molar-refractivity contribution in [2.45, 2.75) is 45.7 Å². The normalized spacial score (nSPS) is 11.8. The number of hydrogen-bond donors (Lipinski definition) is 1. The van der Waals surface area contributed by atoms with Gasteiger partial charge in [-0.05, 0) is 42.7 Å². The first-order chi connectivity index (χ1) is 18.1. The van der Waals surface area contributed by atoms with E-state index in [1.807, 2.05) is 19.9 Å². The molecule has 11 heteroatoms. The second kappa shape index (κ2) is 14.5. The van der Waals surface area contributed by atoms with Crippen LogP contribution in [0.2, 0.25) is 0 Å². The molecule has 0 heterocycles. The molecule has 10 nitrogen and oxygen atoms in total. The highest BCUT2D eigenvalue weighted by molar-refractivity contribution is 7.92. The molecule has 0 aliphatic carbocycles. The number of ether oxygens (including phenoxy) is 3. The van der Waals surface area contributed by atoms with E-state index >= 15 is 0 Å². The fraction of sp³-hybridized carbons (Fsp3) is 0.481. The predicted molar refractivity (Wildman–Crippen MR) is 147 cm³/mol. The Balaban J connectivity index is 2.49. The van der Waals surface area contributed by atoms with E-state index in [9.17, 15) is 18.0 Å². The van der Waals surface area contributed by atoms with Gasteiger partial charge in [-0.2, -0.15) is 0 Å². The first kappa shape index (κ1) is 30.8. The van der Waals surface area contributed by atoms with Gasteiger partial charge < -0.3 is 24.4 Å². The number of nitrogens with one attached hydrogen (secondary N) is 1. The molecule has 2 aromatic rings. The van der Waals surface area contributed by atoms with Crippen molar-refractivity contribution in [3.63, 3.8) is 0 Å². The van der Waals surface area contributed by atoms with Crippen LogP contribution in [-0.2, 0) is 26.2 Å². The molecular formula is C27H39N3O7S. The van der Waals surface area contributed by atoms with Gasteiger partial charge in [0, 0.05) is 19.2 Å². The number of anilines is 1. The van der Waals surface area contributed by atoms with Gasteiger partial charge in [-0.25, -0.2) is 8.42 Å². The number of hydrogen-bond acceptors (Lipinski definition) is 7. The van der Waals surface area contributed by atoms with Crippen LogP contribution in [0.1, 0.15) is 38.7 Å². The molecule has 2 rings (SSSR count). The van der Waals surface area contributed by atoms with Crippen LogP contribution >= 0.6 is 0 Å². The molecule has 210 valence electrons. The standard InChI is InChI=1S/C27H39N3O7S/c1-7-9-15-28-27(32)23(8-2)29(18-20-11-10-12-21(16-20)35-3)26(31)19-30(38(6,33)34)24-14-13-22(36-4)17-25(24)37-5/h10-14,16-17,23H,7-9,15,18-19H2,1-6H3,(H,28,32)/t23-/m0/s1. The third-order valence-corrected chi connectivity index (χ3v) is 7.16. The molecule has 0 spiro atoms. The Kier molecular flexibility index (Phi) is 11.7. The van der Waals surface area contributed by atoms with Crippen molar-refractivity contribution in [1.82, 2.24) is 10.2 Å². The van der Waals surface area contributed by atoms with Crippen molar-refractivity contribution in [3.8, 4) is 17.2 Å². The maximum Gasteiger partial charge on any atom is 0.244 e. The number of nitrogens with zero attached hydrogens (tertiary/aromatic N) is 2. The summed E-state index contributed by atoms with van der Waals surface area (Å²) in [5.41, 5.74) is 0.927. The Morgan fingerprint density at radius 2 is 1.66 bits per heavy atom. The van der Waals surface area contributed by atoms with E-state index in [2.05, 4.69) is 5.32 Å². The molecule has 0 aromatic heterocycles. The average Bonchev–Trinajstić information content (AvgIpc) is 2.90. The molecule has 38 heavy (non-hydrogen) atoms. The molecule has 0 unspecified atom stereocenters. The van der Waals surface area contributed by atoms with Gasteiger partial charge in [0.25, 0.3) is 0 Å². The van der Waals surface area contributed by atoms with E-state index < -0.39 is 28.5 Å². The lowest BCUT2D eigenvalue weighted by atomic mass is 10.1. The van der Waals surface area contributed by atoms with Crippen LogP contribution in [-0.4, -0.2) is 71.8 Å². The third-order valence-electron chi connectivity index (χ3n) is 6.04. The zero-order valence-electron chi connectivity index (χ0n) is 23.0. The number of carbonyl (C=O) groups is 2. The number of unbranched alkanes of at least 4 members (excludes halogenated alkanes) is 1. The van der Waals surface area contributed by atoms with Crippen LogP contribution in [0.5, 0.6) is 17.2 Å². The van der Waals surface area contributed by atoms with E-state index in [0.29, 0.717) is 24.5 Å². The van der Waals surface area contributed by atoms with E-state index in [4.69, 9.17) is 14.2 Å². The lowest BCUT2D eigenvalue weighted by Crippen LogP contribution is -2.52. The highest BCUT2D eigenvalue weighted by Crippen LogP contribution is 2.33. The highest BCUT2D eigenvalue weighted by Gasteiger charge is 2.32. The number of benzene rings is 2. The minimum Gasteiger partial charge on any atom is -0.497 e.